The molecule has 3 aromatic rings. The van der Waals surface area contributed by atoms with Crippen molar-refractivity contribution in [2.75, 3.05) is 0 Å². The summed E-state index contributed by atoms with van der Waals surface area (Å²) in [6.45, 7) is 0. The molecule has 0 amide bonds. The maximum Gasteiger partial charge on any atom is 0.262 e. The van der Waals surface area contributed by atoms with E-state index in [9.17, 15) is 9.18 Å². The fraction of sp³-hybridized carbons (Fsp3) is 0. The van der Waals surface area contributed by atoms with Crippen LogP contribution in [0.2, 0.25) is 0 Å². The number of halogens is 1. The van der Waals surface area contributed by atoms with Gasteiger partial charge in [-0.1, -0.05) is 36.4 Å². The number of nitrogens with one attached hydrogen (secondary N) is 1. The quantitative estimate of drug-likeness (QED) is 0.710. The number of nitrogens with zero attached hydrogens (tertiary/aromatic N) is 1. The molecule has 3 rings (SSSR count). The molecule has 0 saturated carbocycles. The SMILES string of the molecule is O=c1[nH]c(-c2ccccc2)nc2cccc(F)c12. The summed E-state index contributed by atoms with van der Waals surface area (Å²) < 4.78 is 13.5. The third kappa shape index (κ3) is 1.68. The van der Waals surface area contributed by atoms with Crippen molar-refractivity contribution in [2.45, 2.75) is 0 Å². The molecule has 2 aromatic carbocycles. The molecule has 0 atom stereocenters. The minimum absolute atomic E-state index is 0.00261. The highest BCUT2D eigenvalue weighted by molar-refractivity contribution is 5.79. The van der Waals surface area contributed by atoms with Crippen molar-refractivity contribution in [1.82, 2.24) is 9.97 Å². The average Bonchev–Trinajstić information content (AvgIpc) is 2.39. The molecule has 3 nitrogen and oxygen atoms in total. The van der Waals surface area contributed by atoms with Gasteiger partial charge in [0, 0.05) is 5.56 Å². The Balaban J connectivity index is 2.33. The molecule has 0 aliphatic heterocycles. The van der Waals surface area contributed by atoms with Gasteiger partial charge < -0.3 is 4.98 Å². The van der Waals surface area contributed by atoms with E-state index in [2.05, 4.69) is 9.97 Å². The average molecular weight is 240 g/mol. The molecule has 0 spiro atoms. The Morgan fingerprint density at radius 2 is 1.78 bits per heavy atom. The van der Waals surface area contributed by atoms with Crippen LogP contribution in [0, 0.1) is 5.82 Å². The zero-order valence-electron chi connectivity index (χ0n) is 9.35. The molecule has 88 valence electrons. The fourth-order valence-electron chi connectivity index (χ4n) is 1.88. The number of aromatic amines is 1. The van der Waals surface area contributed by atoms with E-state index in [-0.39, 0.29) is 5.39 Å². The molecule has 4 heteroatoms. The summed E-state index contributed by atoms with van der Waals surface area (Å²) in [5.74, 6) is -0.112. The van der Waals surface area contributed by atoms with Crippen LogP contribution in [-0.2, 0) is 0 Å². The second kappa shape index (κ2) is 4.07. The highest BCUT2D eigenvalue weighted by atomic mass is 19.1. The third-order valence-electron chi connectivity index (χ3n) is 2.73. The van der Waals surface area contributed by atoms with Gasteiger partial charge in [-0.05, 0) is 12.1 Å². The van der Waals surface area contributed by atoms with E-state index in [1.165, 1.54) is 6.07 Å². The Kier molecular flexibility index (Phi) is 2.41. The summed E-state index contributed by atoms with van der Waals surface area (Å²) in [5.41, 5.74) is 0.690. The van der Waals surface area contributed by atoms with E-state index in [1.807, 2.05) is 30.3 Å². The largest absolute Gasteiger partial charge is 0.306 e. The third-order valence-corrected chi connectivity index (χ3v) is 2.73. The van der Waals surface area contributed by atoms with E-state index < -0.39 is 11.4 Å². The summed E-state index contributed by atoms with van der Waals surface area (Å²) in [6, 6.07) is 13.7. The van der Waals surface area contributed by atoms with Gasteiger partial charge in [-0.2, -0.15) is 0 Å². The number of benzene rings is 2. The van der Waals surface area contributed by atoms with E-state index in [4.69, 9.17) is 0 Å². The Morgan fingerprint density at radius 1 is 1.00 bits per heavy atom. The van der Waals surface area contributed by atoms with Crippen LogP contribution < -0.4 is 5.56 Å². The molecule has 0 aliphatic rings. The molecule has 0 aliphatic carbocycles. The van der Waals surface area contributed by atoms with Crippen LogP contribution in [0.25, 0.3) is 22.3 Å². The van der Waals surface area contributed by atoms with E-state index in [0.29, 0.717) is 11.3 Å². The van der Waals surface area contributed by atoms with Crippen molar-refractivity contribution in [2.24, 2.45) is 0 Å². The lowest BCUT2D eigenvalue weighted by Crippen LogP contribution is -2.11. The maximum atomic E-state index is 13.5. The van der Waals surface area contributed by atoms with Gasteiger partial charge in [0.25, 0.3) is 5.56 Å². The van der Waals surface area contributed by atoms with Crippen LogP contribution in [0.5, 0.6) is 0 Å². The Bertz CT molecular complexity index is 766. The molecular formula is C14H9FN2O. The van der Waals surface area contributed by atoms with Crippen LogP contribution in [0.1, 0.15) is 0 Å². The van der Waals surface area contributed by atoms with E-state index in [0.717, 1.165) is 5.56 Å². The van der Waals surface area contributed by atoms with Crippen molar-refractivity contribution < 1.29 is 4.39 Å². The highest BCUT2D eigenvalue weighted by Gasteiger charge is 2.08. The van der Waals surface area contributed by atoms with Crippen molar-refractivity contribution in [3.05, 3.63) is 64.7 Å². The summed E-state index contributed by atoms with van der Waals surface area (Å²) in [5, 5.41) is -0.00261. The van der Waals surface area contributed by atoms with Crippen LogP contribution >= 0.6 is 0 Å². The normalized spacial score (nSPS) is 10.7. The van der Waals surface area contributed by atoms with Crippen LogP contribution in [0.15, 0.2) is 53.3 Å². The van der Waals surface area contributed by atoms with Gasteiger partial charge in [0.15, 0.2) is 0 Å². The second-order valence-corrected chi connectivity index (χ2v) is 3.91. The molecule has 0 fully saturated rings. The molecule has 0 radical (unpaired) electrons. The van der Waals surface area contributed by atoms with Crippen molar-refractivity contribution >= 4 is 10.9 Å². The van der Waals surface area contributed by atoms with Crippen LogP contribution in [-0.4, -0.2) is 9.97 Å². The Labute approximate surface area is 102 Å². The summed E-state index contributed by atoms with van der Waals surface area (Å²) in [7, 11) is 0. The van der Waals surface area contributed by atoms with E-state index in [1.54, 1.807) is 12.1 Å². The number of hydrogen-bond donors (Lipinski definition) is 1. The monoisotopic (exact) mass is 240 g/mol. The smallest absolute Gasteiger partial charge is 0.262 e. The van der Waals surface area contributed by atoms with Crippen molar-refractivity contribution in [3.8, 4) is 11.4 Å². The lowest BCUT2D eigenvalue weighted by Gasteiger charge is -2.03. The first kappa shape index (κ1) is 10.7. The Morgan fingerprint density at radius 3 is 2.56 bits per heavy atom. The summed E-state index contributed by atoms with van der Waals surface area (Å²) in [6.07, 6.45) is 0. The zero-order valence-corrected chi connectivity index (χ0v) is 9.35. The predicted molar refractivity (Wildman–Crippen MR) is 67.8 cm³/mol. The molecule has 0 saturated heterocycles. The van der Waals surface area contributed by atoms with Gasteiger partial charge in [0.05, 0.1) is 5.52 Å². The minimum atomic E-state index is -0.555. The number of fused-ring (bicyclic) bond motifs is 1. The predicted octanol–water partition coefficient (Wildman–Crippen LogP) is 2.73. The van der Waals surface area contributed by atoms with Crippen LogP contribution in [0.3, 0.4) is 0 Å². The van der Waals surface area contributed by atoms with Gasteiger partial charge >= 0.3 is 0 Å². The summed E-state index contributed by atoms with van der Waals surface area (Å²) in [4.78, 5) is 18.7. The molecule has 1 N–H and O–H groups in total. The van der Waals surface area contributed by atoms with E-state index >= 15 is 0 Å². The van der Waals surface area contributed by atoms with Gasteiger partial charge in [-0.25, -0.2) is 9.37 Å². The first-order valence-corrected chi connectivity index (χ1v) is 5.50. The molecular weight excluding hydrogens is 231 g/mol. The van der Waals surface area contributed by atoms with Gasteiger partial charge in [0.1, 0.15) is 17.0 Å². The number of rotatable bonds is 1. The fourth-order valence-corrected chi connectivity index (χ4v) is 1.88. The first-order chi connectivity index (χ1) is 8.75. The maximum absolute atomic E-state index is 13.5. The first-order valence-electron chi connectivity index (χ1n) is 5.50. The second-order valence-electron chi connectivity index (χ2n) is 3.91. The molecule has 1 heterocycles. The Hall–Kier alpha value is -2.49. The number of aromatic nitrogens is 2. The molecule has 18 heavy (non-hydrogen) atoms. The topological polar surface area (TPSA) is 45.8 Å². The molecule has 1 aromatic heterocycles. The van der Waals surface area contributed by atoms with Gasteiger partial charge in [0.2, 0.25) is 0 Å². The van der Waals surface area contributed by atoms with Crippen molar-refractivity contribution in [1.29, 1.82) is 0 Å². The zero-order chi connectivity index (χ0) is 12.5. The summed E-state index contributed by atoms with van der Waals surface area (Å²) >= 11 is 0. The lowest BCUT2D eigenvalue weighted by atomic mass is 10.2. The van der Waals surface area contributed by atoms with Crippen molar-refractivity contribution in [3.63, 3.8) is 0 Å². The molecule has 0 unspecified atom stereocenters. The van der Waals surface area contributed by atoms with Crippen LogP contribution in [0.4, 0.5) is 4.39 Å². The molecule has 0 bridgehead atoms. The highest BCUT2D eigenvalue weighted by Crippen LogP contribution is 2.17. The lowest BCUT2D eigenvalue weighted by molar-refractivity contribution is 0.638. The number of H-pyrrole nitrogens is 1. The standard InChI is InChI=1S/C14H9FN2O/c15-10-7-4-8-11-12(10)14(18)17-13(16-11)9-5-2-1-3-6-9/h1-8H,(H,16,17,18). The minimum Gasteiger partial charge on any atom is -0.306 e. The van der Waals surface area contributed by atoms with Gasteiger partial charge in [-0.3, -0.25) is 4.79 Å². The van der Waals surface area contributed by atoms with Gasteiger partial charge in [-0.15, -0.1) is 0 Å². The number of hydrogen-bond acceptors (Lipinski definition) is 2.